The highest BCUT2D eigenvalue weighted by molar-refractivity contribution is 6.35. The van der Waals surface area contributed by atoms with E-state index in [2.05, 4.69) is 5.32 Å². The average molecular weight is 428 g/mol. The fourth-order valence-corrected chi connectivity index (χ4v) is 3.06. The number of rotatable bonds is 5. The molecule has 0 saturated heterocycles. The monoisotopic (exact) mass is 427 g/mol. The van der Waals surface area contributed by atoms with Crippen molar-refractivity contribution in [2.24, 2.45) is 0 Å². The maximum Gasteiger partial charge on any atom is 0.280 e. The normalized spacial score (nSPS) is 11.0. The molecule has 3 rings (SSSR count). The summed E-state index contributed by atoms with van der Waals surface area (Å²) in [5.41, 5.74) is 0.264. The minimum atomic E-state index is -0.686. The SMILES string of the molecule is N#C/C(=C\c1ccc(-c2ccccc2[N+](=O)[O-])o1)C(=O)Nc1cc(Cl)cc(Cl)c1. The van der Waals surface area contributed by atoms with E-state index in [-0.39, 0.29) is 28.3 Å². The van der Waals surface area contributed by atoms with Crippen LogP contribution in [0.2, 0.25) is 10.0 Å². The molecule has 144 valence electrons. The Morgan fingerprint density at radius 2 is 1.83 bits per heavy atom. The largest absolute Gasteiger partial charge is 0.456 e. The van der Waals surface area contributed by atoms with Gasteiger partial charge in [0.25, 0.3) is 11.6 Å². The van der Waals surface area contributed by atoms with Gasteiger partial charge in [-0.3, -0.25) is 14.9 Å². The lowest BCUT2D eigenvalue weighted by Gasteiger charge is -2.05. The lowest BCUT2D eigenvalue weighted by molar-refractivity contribution is -0.384. The Hall–Kier alpha value is -3.60. The number of nitro benzene ring substituents is 1. The zero-order valence-corrected chi connectivity index (χ0v) is 16.1. The summed E-state index contributed by atoms with van der Waals surface area (Å²) in [7, 11) is 0. The number of carbonyl (C=O) groups is 1. The molecular formula is C20H11Cl2N3O4. The van der Waals surface area contributed by atoms with Crippen molar-refractivity contribution in [3.05, 3.63) is 86.1 Å². The number of nitrogens with zero attached hydrogens (tertiary/aromatic N) is 2. The van der Waals surface area contributed by atoms with E-state index in [9.17, 15) is 20.2 Å². The Morgan fingerprint density at radius 3 is 2.48 bits per heavy atom. The molecule has 0 saturated carbocycles. The summed E-state index contributed by atoms with van der Waals surface area (Å²) < 4.78 is 5.58. The average Bonchev–Trinajstić information content (AvgIpc) is 3.13. The topological polar surface area (TPSA) is 109 Å². The summed E-state index contributed by atoms with van der Waals surface area (Å²) in [6.45, 7) is 0. The van der Waals surface area contributed by atoms with E-state index in [0.717, 1.165) is 0 Å². The number of nitro groups is 1. The van der Waals surface area contributed by atoms with Crippen LogP contribution in [0.15, 0.2) is 64.6 Å². The number of halogens is 2. The Balaban J connectivity index is 1.86. The van der Waals surface area contributed by atoms with Gasteiger partial charge in [0.15, 0.2) is 0 Å². The molecule has 1 amide bonds. The number of para-hydroxylation sites is 1. The summed E-state index contributed by atoms with van der Waals surface area (Å²) in [5.74, 6) is -0.258. The zero-order valence-electron chi connectivity index (χ0n) is 14.6. The second-order valence-electron chi connectivity index (χ2n) is 5.76. The number of hydrogen-bond donors (Lipinski definition) is 1. The molecule has 0 radical (unpaired) electrons. The first kappa shape index (κ1) is 20.1. The van der Waals surface area contributed by atoms with Crippen LogP contribution in [0.3, 0.4) is 0 Å². The van der Waals surface area contributed by atoms with Crippen LogP contribution >= 0.6 is 23.2 Å². The Labute approximate surface area is 174 Å². The third-order valence-electron chi connectivity index (χ3n) is 3.77. The molecule has 2 aromatic carbocycles. The van der Waals surface area contributed by atoms with Gasteiger partial charge < -0.3 is 9.73 Å². The van der Waals surface area contributed by atoms with Crippen molar-refractivity contribution in [2.75, 3.05) is 5.32 Å². The Kier molecular flexibility index (Phi) is 5.98. The maximum atomic E-state index is 12.4. The van der Waals surface area contributed by atoms with E-state index >= 15 is 0 Å². The van der Waals surface area contributed by atoms with Crippen LogP contribution in [0.4, 0.5) is 11.4 Å². The highest BCUT2D eigenvalue weighted by atomic mass is 35.5. The molecule has 1 N–H and O–H groups in total. The van der Waals surface area contributed by atoms with Crippen molar-refractivity contribution in [1.29, 1.82) is 5.26 Å². The third-order valence-corrected chi connectivity index (χ3v) is 4.20. The van der Waals surface area contributed by atoms with Gasteiger partial charge in [-0.15, -0.1) is 0 Å². The van der Waals surface area contributed by atoms with E-state index in [1.54, 1.807) is 24.3 Å². The molecule has 29 heavy (non-hydrogen) atoms. The van der Waals surface area contributed by atoms with Crippen molar-refractivity contribution in [3.63, 3.8) is 0 Å². The number of furan rings is 1. The van der Waals surface area contributed by atoms with E-state index in [4.69, 9.17) is 27.6 Å². The molecule has 0 bridgehead atoms. The first-order chi connectivity index (χ1) is 13.9. The van der Waals surface area contributed by atoms with Crippen molar-refractivity contribution in [2.45, 2.75) is 0 Å². The first-order valence-corrected chi connectivity index (χ1v) is 8.86. The minimum absolute atomic E-state index is 0.117. The fraction of sp³-hybridized carbons (Fsp3) is 0. The van der Waals surface area contributed by atoms with Crippen LogP contribution in [0.5, 0.6) is 0 Å². The van der Waals surface area contributed by atoms with Gasteiger partial charge in [0.1, 0.15) is 23.2 Å². The van der Waals surface area contributed by atoms with Gasteiger partial charge in [0, 0.05) is 27.9 Å². The fourth-order valence-electron chi connectivity index (χ4n) is 2.53. The molecule has 0 fully saturated rings. The van der Waals surface area contributed by atoms with Crippen LogP contribution in [-0.4, -0.2) is 10.8 Å². The predicted octanol–water partition coefficient (Wildman–Crippen LogP) is 5.71. The summed E-state index contributed by atoms with van der Waals surface area (Å²) in [6, 6.07) is 15.4. The number of nitriles is 1. The zero-order chi connectivity index (χ0) is 21.0. The number of hydrogen-bond acceptors (Lipinski definition) is 5. The van der Waals surface area contributed by atoms with Gasteiger partial charge in [-0.2, -0.15) is 5.26 Å². The molecule has 0 aliphatic heterocycles. The molecule has 0 unspecified atom stereocenters. The van der Waals surface area contributed by atoms with Gasteiger partial charge in [0.05, 0.1) is 10.5 Å². The van der Waals surface area contributed by atoms with Crippen LogP contribution in [0.25, 0.3) is 17.4 Å². The second-order valence-corrected chi connectivity index (χ2v) is 6.63. The summed E-state index contributed by atoms with van der Waals surface area (Å²) in [5, 5.41) is 23.7. The molecular weight excluding hydrogens is 417 g/mol. The predicted molar refractivity (Wildman–Crippen MR) is 109 cm³/mol. The minimum Gasteiger partial charge on any atom is -0.456 e. The standard InChI is InChI=1S/C20H11Cl2N3O4/c21-13-8-14(22)10-15(9-13)24-20(26)12(11-23)7-16-5-6-19(29-16)17-3-1-2-4-18(17)25(27)28/h1-10H,(H,24,26)/b12-7+. The van der Waals surface area contributed by atoms with Gasteiger partial charge in [-0.1, -0.05) is 35.3 Å². The number of carbonyl (C=O) groups excluding carboxylic acids is 1. The maximum absolute atomic E-state index is 12.4. The van der Waals surface area contributed by atoms with Gasteiger partial charge in [0.2, 0.25) is 0 Å². The van der Waals surface area contributed by atoms with Crippen LogP contribution in [0.1, 0.15) is 5.76 Å². The molecule has 0 aliphatic rings. The quantitative estimate of drug-likeness (QED) is 0.242. The summed E-state index contributed by atoms with van der Waals surface area (Å²) in [6.07, 6.45) is 1.24. The van der Waals surface area contributed by atoms with Crippen LogP contribution < -0.4 is 5.32 Å². The van der Waals surface area contributed by atoms with Crippen LogP contribution in [-0.2, 0) is 4.79 Å². The molecule has 1 aromatic heterocycles. The molecule has 7 nitrogen and oxygen atoms in total. The number of benzene rings is 2. The van der Waals surface area contributed by atoms with E-state index in [1.165, 1.54) is 42.5 Å². The molecule has 3 aromatic rings. The van der Waals surface area contributed by atoms with Crippen molar-refractivity contribution < 1.29 is 14.1 Å². The van der Waals surface area contributed by atoms with Crippen LogP contribution in [0, 0.1) is 21.4 Å². The highest BCUT2D eigenvalue weighted by Gasteiger charge is 2.18. The smallest absolute Gasteiger partial charge is 0.280 e. The van der Waals surface area contributed by atoms with Gasteiger partial charge in [-0.05, 0) is 36.4 Å². The van der Waals surface area contributed by atoms with Crippen molar-refractivity contribution in [1.82, 2.24) is 0 Å². The number of anilines is 1. The Bertz CT molecular complexity index is 1160. The van der Waals surface area contributed by atoms with E-state index in [0.29, 0.717) is 15.7 Å². The summed E-state index contributed by atoms with van der Waals surface area (Å²) >= 11 is 11.8. The van der Waals surface area contributed by atoms with E-state index in [1.807, 2.05) is 0 Å². The van der Waals surface area contributed by atoms with Crippen molar-refractivity contribution >= 4 is 46.6 Å². The lowest BCUT2D eigenvalue weighted by Crippen LogP contribution is -2.13. The molecule has 1 heterocycles. The van der Waals surface area contributed by atoms with Crippen molar-refractivity contribution in [3.8, 4) is 17.4 Å². The number of amides is 1. The molecule has 0 atom stereocenters. The third kappa shape index (κ3) is 4.82. The van der Waals surface area contributed by atoms with Gasteiger partial charge in [-0.25, -0.2) is 0 Å². The summed E-state index contributed by atoms with van der Waals surface area (Å²) in [4.78, 5) is 23.0. The molecule has 0 aliphatic carbocycles. The van der Waals surface area contributed by atoms with E-state index < -0.39 is 10.8 Å². The molecule has 0 spiro atoms. The highest BCUT2D eigenvalue weighted by Crippen LogP contribution is 2.31. The molecule has 9 heteroatoms. The second kappa shape index (κ2) is 8.61. The Morgan fingerprint density at radius 1 is 1.14 bits per heavy atom. The lowest BCUT2D eigenvalue weighted by atomic mass is 10.1. The number of nitrogens with one attached hydrogen (secondary N) is 1. The first-order valence-electron chi connectivity index (χ1n) is 8.10. The van der Waals surface area contributed by atoms with Gasteiger partial charge >= 0.3 is 0 Å².